The molecule has 2 N–H and O–H groups in total. The zero-order valence-corrected chi connectivity index (χ0v) is 9.60. The van der Waals surface area contributed by atoms with E-state index in [4.69, 9.17) is 5.73 Å². The van der Waals surface area contributed by atoms with Crippen molar-refractivity contribution in [3.05, 3.63) is 59.4 Å². The summed E-state index contributed by atoms with van der Waals surface area (Å²) >= 11 is 0. The van der Waals surface area contributed by atoms with Crippen LogP contribution in [0.2, 0.25) is 0 Å². The summed E-state index contributed by atoms with van der Waals surface area (Å²) in [5.41, 5.74) is 8.44. The SMILES string of the molecule is Cc1cnc(C(N)Cc2cccc(F)c2)cn1. The molecule has 3 nitrogen and oxygen atoms in total. The van der Waals surface area contributed by atoms with Gasteiger partial charge in [0.1, 0.15) is 5.82 Å². The monoisotopic (exact) mass is 231 g/mol. The molecule has 0 bridgehead atoms. The molecule has 1 unspecified atom stereocenters. The van der Waals surface area contributed by atoms with Crippen LogP contribution in [0.5, 0.6) is 0 Å². The van der Waals surface area contributed by atoms with E-state index in [9.17, 15) is 4.39 Å². The number of nitrogens with two attached hydrogens (primary N) is 1. The molecule has 17 heavy (non-hydrogen) atoms. The minimum atomic E-state index is -0.259. The van der Waals surface area contributed by atoms with E-state index < -0.39 is 0 Å². The normalized spacial score (nSPS) is 12.4. The van der Waals surface area contributed by atoms with Gasteiger partial charge in [0, 0.05) is 6.20 Å². The van der Waals surface area contributed by atoms with Gasteiger partial charge >= 0.3 is 0 Å². The van der Waals surface area contributed by atoms with Crippen LogP contribution in [0.25, 0.3) is 0 Å². The van der Waals surface area contributed by atoms with Crippen molar-refractivity contribution >= 4 is 0 Å². The van der Waals surface area contributed by atoms with E-state index in [-0.39, 0.29) is 11.9 Å². The average Bonchev–Trinajstić information content (AvgIpc) is 2.29. The van der Waals surface area contributed by atoms with Gasteiger partial charge in [0.25, 0.3) is 0 Å². The van der Waals surface area contributed by atoms with Gasteiger partial charge in [-0.2, -0.15) is 0 Å². The van der Waals surface area contributed by atoms with E-state index in [0.29, 0.717) is 6.42 Å². The first-order valence-corrected chi connectivity index (χ1v) is 5.44. The van der Waals surface area contributed by atoms with Crippen molar-refractivity contribution in [3.63, 3.8) is 0 Å². The zero-order chi connectivity index (χ0) is 12.3. The molecule has 88 valence electrons. The Labute approximate surface area is 99.5 Å². The molecule has 0 radical (unpaired) electrons. The van der Waals surface area contributed by atoms with Gasteiger partial charge in [0.05, 0.1) is 23.6 Å². The zero-order valence-electron chi connectivity index (χ0n) is 9.60. The van der Waals surface area contributed by atoms with Gasteiger partial charge in [-0.05, 0) is 31.0 Å². The second kappa shape index (κ2) is 5.01. The van der Waals surface area contributed by atoms with E-state index in [1.165, 1.54) is 12.1 Å². The Morgan fingerprint density at radius 3 is 2.76 bits per heavy atom. The molecule has 0 saturated carbocycles. The predicted molar refractivity (Wildman–Crippen MR) is 63.8 cm³/mol. The Bertz CT molecular complexity index is 496. The third-order valence-electron chi connectivity index (χ3n) is 2.53. The second-order valence-electron chi connectivity index (χ2n) is 4.02. The fourth-order valence-corrected chi connectivity index (χ4v) is 1.62. The lowest BCUT2D eigenvalue weighted by Gasteiger charge is -2.10. The third-order valence-corrected chi connectivity index (χ3v) is 2.53. The number of rotatable bonds is 3. The fraction of sp³-hybridized carbons (Fsp3) is 0.231. The molecule has 1 atom stereocenters. The molecule has 2 rings (SSSR count). The number of hydrogen-bond acceptors (Lipinski definition) is 3. The van der Waals surface area contributed by atoms with E-state index >= 15 is 0 Å². The van der Waals surface area contributed by atoms with Crippen molar-refractivity contribution in [1.82, 2.24) is 9.97 Å². The largest absolute Gasteiger partial charge is 0.322 e. The van der Waals surface area contributed by atoms with Crippen LogP contribution in [0, 0.1) is 12.7 Å². The Kier molecular flexibility index (Phi) is 3.44. The molecular weight excluding hydrogens is 217 g/mol. The standard InChI is InChI=1S/C13H14FN3/c1-9-7-17-13(8-16-9)12(15)6-10-3-2-4-11(14)5-10/h2-5,7-8,12H,6,15H2,1H3. The number of halogens is 1. The van der Waals surface area contributed by atoms with Crippen LogP contribution in [0.3, 0.4) is 0 Å². The Hall–Kier alpha value is -1.81. The van der Waals surface area contributed by atoms with Gasteiger partial charge in [0.15, 0.2) is 0 Å². The number of hydrogen-bond donors (Lipinski definition) is 1. The lowest BCUT2D eigenvalue weighted by molar-refractivity contribution is 0.620. The lowest BCUT2D eigenvalue weighted by Crippen LogP contribution is -2.15. The molecule has 0 aliphatic heterocycles. The molecule has 0 aliphatic rings. The van der Waals surface area contributed by atoms with Gasteiger partial charge in [-0.25, -0.2) is 4.39 Å². The highest BCUT2D eigenvalue weighted by molar-refractivity contribution is 5.19. The topological polar surface area (TPSA) is 51.8 Å². The third kappa shape index (κ3) is 3.07. The maximum Gasteiger partial charge on any atom is 0.123 e. The summed E-state index contributed by atoms with van der Waals surface area (Å²) in [7, 11) is 0. The summed E-state index contributed by atoms with van der Waals surface area (Å²) in [6.45, 7) is 1.87. The molecule has 0 spiro atoms. The van der Waals surface area contributed by atoms with Crippen molar-refractivity contribution in [2.24, 2.45) is 5.73 Å². The molecule has 1 aromatic heterocycles. The van der Waals surface area contributed by atoms with Crippen LogP contribution in [-0.4, -0.2) is 9.97 Å². The molecule has 2 aromatic rings. The van der Waals surface area contributed by atoms with Crippen LogP contribution >= 0.6 is 0 Å². The Balaban J connectivity index is 2.11. The van der Waals surface area contributed by atoms with Crippen LogP contribution in [0.15, 0.2) is 36.7 Å². The Morgan fingerprint density at radius 1 is 1.29 bits per heavy atom. The van der Waals surface area contributed by atoms with Gasteiger partial charge in [-0.1, -0.05) is 12.1 Å². The van der Waals surface area contributed by atoms with Crippen molar-refractivity contribution in [2.45, 2.75) is 19.4 Å². The molecule has 4 heteroatoms. The highest BCUT2D eigenvalue weighted by atomic mass is 19.1. The molecule has 1 heterocycles. The van der Waals surface area contributed by atoms with Gasteiger partial charge in [0.2, 0.25) is 0 Å². The first-order valence-electron chi connectivity index (χ1n) is 5.44. The van der Waals surface area contributed by atoms with Gasteiger partial charge in [-0.3, -0.25) is 9.97 Å². The number of benzene rings is 1. The highest BCUT2D eigenvalue weighted by Gasteiger charge is 2.09. The molecule has 0 saturated heterocycles. The van der Waals surface area contributed by atoms with E-state index in [1.807, 2.05) is 13.0 Å². The van der Waals surface area contributed by atoms with Crippen molar-refractivity contribution in [2.75, 3.05) is 0 Å². The lowest BCUT2D eigenvalue weighted by atomic mass is 10.0. The van der Waals surface area contributed by atoms with Crippen LogP contribution in [0.1, 0.15) is 23.0 Å². The maximum absolute atomic E-state index is 13.0. The summed E-state index contributed by atoms with van der Waals surface area (Å²) in [5, 5.41) is 0. The summed E-state index contributed by atoms with van der Waals surface area (Å²) in [6.07, 6.45) is 3.90. The molecule has 1 aromatic carbocycles. The average molecular weight is 231 g/mol. The molecule has 0 fully saturated rings. The van der Waals surface area contributed by atoms with E-state index in [1.54, 1.807) is 18.5 Å². The van der Waals surface area contributed by atoms with Crippen molar-refractivity contribution in [3.8, 4) is 0 Å². The molecular formula is C13H14FN3. The van der Waals surface area contributed by atoms with Crippen molar-refractivity contribution < 1.29 is 4.39 Å². The molecule has 0 aliphatic carbocycles. The van der Waals surface area contributed by atoms with E-state index in [0.717, 1.165) is 17.0 Å². The van der Waals surface area contributed by atoms with Crippen LogP contribution in [-0.2, 0) is 6.42 Å². The van der Waals surface area contributed by atoms with Gasteiger partial charge < -0.3 is 5.73 Å². The summed E-state index contributed by atoms with van der Waals surface area (Å²) < 4.78 is 13.0. The van der Waals surface area contributed by atoms with E-state index in [2.05, 4.69) is 9.97 Å². The van der Waals surface area contributed by atoms with Crippen LogP contribution < -0.4 is 5.73 Å². The summed E-state index contributed by atoms with van der Waals surface area (Å²) in [4.78, 5) is 8.36. The Morgan fingerprint density at radius 2 is 2.12 bits per heavy atom. The number of aryl methyl sites for hydroxylation is 1. The van der Waals surface area contributed by atoms with Crippen LogP contribution in [0.4, 0.5) is 4.39 Å². The van der Waals surface area contributed by atoms with Crippen molar-refractivity contribution in [1.29, 1.82) is 0 Å². The first kappa shape index (κ1) is 11.7. The predicted octanol–water partition coefficient (Wildman–Crippen LogP) is 2.17. The fourth-order valence-electron chi connectivity index (χ4n) is 1.62. The minimum absolute atomic E-state index is 0.246. The highest BCUT2D eigenvalue weighted by Crippen LogP contribution is 2.14. The first-order chi connectivity index (χ1) is 8.15. The van der Waals surface area contributed by atoms with Gasteiger partial charge in [-0.15, -0.1) is 0 Å². The summed E-state index contributed by atoms with van der Waals surface area (Å²) in [5.74, 6) is -0.246. The summed E-state index contributed by atoms with van der Waals surface area (Å²) in [6, 6.07) is 6.18. The number of aromatic nitrogens is 2. The quantitative estimate of drug-likeness (QED) is 0.880. The second-order valence-corrected chi connectivity index (χ2v) is 4.02. The number of nitrogens with zero attached hydrogens (tertiary/aromatic N) is 2. The minimum Gasteiger partial charge on any atom is -0.322 e. The smallest absolute Gasteiger partial charge is 0.123 e. The molecule has 0 amide bonds. The maximum atomic E-state index is 13.0.